The number of piperidine rings is 1. The molecule has 0 unspecified atom stereocenters. The van der Waals surface area contributed by atoms with Crippen LogP contribution in [0.1, 0.15) is 23.2 Å². The molecule has 1 saturated heterocycles. The Hall–Kier alpha value is -0.530. The molecule has 19 heavy (non-hydrogen) atoms. The molecular formula is C12H15BrN2O2S2. The number of hydrogen-bond donors (Lipinski definition) is 1. The monoisotopic (exact) mass is 362 g/mol. The van der Waals surface area contributed by atoms with Crippen LogP contribution in [-0.4, -0.2) is 39.9 Å². The molecule has 0 atom stereocenters. The largest absolute Gasteiger partial charge is 0.457 e. The zero-order chi connectivity index (χ0) is 14.0. The van der Waals surface area contributed by atoms with Crippen LogP contribution >= 0.6 is 39.9 Å². The third-order valence-corrected chi connectivity index (χ3v) is 6.09. The fourth-order valence-electron chi connectivity index (χ4n) is 2.24. The van der Waals surface area contributed by atoms with Crippen molar-refractivity contribution < 1.29 is 9.21 Å². The van der Waals surface area contributed by atoms with Gasteiger partial charge in [-0.05, 0) is 41.1 Å². The maximum absolute atomic E-state index is 12.3. The van der Waals surface area contributed by atoms with Crippen molar-refractivity contribution >= 4 is 50.8 Å². The summed E-state index contributed by atoms with van der Waals surface area (Å²) in [4.78, 5) is 14.7. The second kappa shape index (κ2) is 5.85. The molecule has 1 aromatic heterocycles. The molecule has 0 radical (unpaired) electrons. The zero-order valence-corrected chi connectivity index (χ0v) is 13.7. The van der Waals surface area contributed by atoms with E-state index in [-0.39, 0.29) is 10.7 Å². The molecule has 2 rings (SSSR count). The lowest BCUT2D eigenvalue weighted by molar-refractivity contribution is 0.0717. The van der Waals surface area contributed by atoms with Gasteiger partial charge in [0.25, 0.3) is 5.91 Å². The van der Waals surface area contributed by atoms with E-state index >= 15 is 0 Å². The van der Waals surface area contributed by atoms with Crippen molar-refractivity contribution in [2.75, 3.05) is 19.3 Å². The predicted molar refractivity (Wildman–Crippen MR) is 84.6 cm³/mol. The Morgan fingerprint density at radius 3 is 2.63 bits per heavy atom. The lowest BCUT2D eigenvalue weighted by Gasteiger charge is -2.39. The number of hydrogen-bond acceptors (Lipinski definition) is 4. The molecule has 1 amide bonds. The molecule has 0 aromatic carbocycles. The first kappa shape index (κ1) is 14.9. The SMILES string of the molecule is CSC1(C(N)=S)CCN(C(=O)c2ccoc2Br)CC1. The van der Waals surface area contributed by atoms with Crippen molar-refractivity contribution in [3.05, 3.63) is 22.6 Å². The van der Waals surface area contributed by atoms with E-state index in [1.165, 1.54) is 6.26 Å². The summed E-state index contributed by atoms with van der Waals surface area (Å²) in [7, 11) is 0. The fourth-order valence-corrected chi connectivity index (χ4v) is 3.89. The minimum Gasteiger partial charge on any atom is -0.457 e. The smallest absolute Gasteiger partial charge is 0.258 e. The number of carbonyl (C=O) groups excluding carboxylic acids is 1. The first-order valence-electron chi connectivity index (χ1n) is 5.87. The molecule has 0 bridgehead atoms. The average molecular weight is 363 g/mol. The number of thioether (sulfide) groups is 1. The van der Waals surface area contributed by atoms with E-state index in [0.29, 0.717) is 28.3 Å². The molecule has 2 N–H and O–H groups in total. The van der Waals surface area contributed by atoms with Crippen LogP contribution in [0.3, 0.4) is 0 Å². The highest BCUT2D eigenvalue weighted by Crippen LogP contribution is 2.35. The number of nitrogens with two attached hydrogens (primary N) is 1. The first-order chi connectivity index (χ1) is 9.00. The third-order valence-electron chi connectivity index (χ3n) is 3.55. The summed E-state index contributed by atoms with van der Waals surface area (Å²) in [6.45, 7) is 1.32. The van der Waals surface area contributed by atoms with Crippen LogP contribution in [0.15, 0.2) is 21.4 Å². The quantitative estimate of drug-likeness (QED) is 0.837. The highest BCUT2D eigenvalue weighted by molar-refractivity contribution is 9.10. The van der Waals surface area contributed by atoms with Crippen LogP contribution in [0.2, 0.25) is 0 Å². The molecule has 104 valence electrons. The number of thiocarbonyl (C=S) groups is 1. The van der Waals surface area contributed by atoms with Gasteiger partial charge in [-0.25, -0.2) is 0 Å². The van der Waals surface area contributed by atoms with Gasteiger partial charge in [0.1, 0.15) is 0 Å². The maximum atomic E-state index is 12.3. The minimum atomic E-state index is -0.167. The van der Waals surface area contributed by atoms with Crippen molar-refractivity contribution in [1.82, 2.24) is 4.90 Å². The molecule has 1 fully saturated rings. The van der Waals surface area contributed by atoms with Crippen LogP contribution in [0, 0.1) is 0 Å². The molecule has 0 aliphatic carbocycles. The highest BCUT2D eigenvalue weighted by Gasteiger charge is 2.38. The molecule has 0 spiro atoms. The van der Waals surface area contributed by atoms with Gasteiger partial charge in [-0.2, -0.15) is 11.8 Å². The second-order valence-electron chi connectivity index (χ2n) is 4.46. The van der Waals surface area contributed by atoms with E-state index in [0.717, 1.165) is 12.8 Å². The van der Waals surface area contributed by atoms with E-state index in [2.05, 4.69) is 15.9 Å². The Bertz CT molecular complexity index is 496. The Balaban J connectivity index is 2.06. The molecule has 1 aliphatic heterocycles. The minimum absolute atomic E-state index is 0.0155. The van der Waals surface area contributed by atoms with E-state index in [9.17, 15) is 4.79 Å². The summed E-state index contributed by atoms with van der Waals surface area (Å²) < 4.78 is 5.41. The number of nitrogens with zero attached hydrogens (tertiary/aromatic N) is 1. The molecule has 1 aliphatic rings. The predicted octanol–water partition coefficient (Wildman–Crippen LogP) is 2.67. The van der Waals surface area contributed by atoms with Crippen molar-refractivity contribution in [2.24, 2.45) is 5.73 Å². The van der Waals surface area contributed by atoms with Crippen molar-refractivity contribution in [3.8, 4) is 0 Å². The van der Waals surface area contributed by atoms with Crippen molar-refractivity contribution in [3.63, 3.8) is 0 Å². The van der Waals surface area contributed by atoms with Gasteiger partial charge < -0.3 is 15.1 Å². The van der Waals surface area contributed by atoms with E-state index in [1.807, 2.05) is 11.2 Å². The molecule has 0 saturated carbocycles. The molecular weight excluding hydrogens is 348 g/mol. The fraction of sp³-hybridized carbons (Fsp3) is 0.500. The van der Waals surface area contributed by atoms with Crippen LogP contribution < -0.4 is 5.73 Å². The van der Waals surface area contributed by atoms with Gasteiger partial charge in [0.15, 0.2) is 4.67 Å². The van der Waals surface area contributed by atoms with Crippen LogP contribution in [0.5, 0.6) is 0 Å². The van der Waals surface area contributed by atoms with Gasteiger partial charge >= 0.3 is 0 Å². The van der Waals surface area contributed by atoms with E-state index < -0.39 is 0 Å². The van der Waals surface area contributed by atoms with E-state index in [4.69, 9.17) is 22.4 Å². The topological polar surface area (TPSA) is 59.5 Å². The summed E-state index contributed by atoms with van der Waals surface area (Å²) in [5.74, 6) is -0.0155. The first-order valence-corrected chi connectivity index (χ1v) is 8.30. The lowest BCUT2D eigenvalue weighted by atomic mass is 9.95. The Kier molecular flexibility index (Phi) is 4.58. The average Bonchev–Trinajstić information content (AvgIpc) is 2.84. The summed E-state index contributed by atoms with van der Waals surface area (Å²) in [5.41, 5.74) is 6.40. The lowest BCUT2D eigenvalue weighted by Crippen LogP contribution is -2.50. The normalized spacial score (nSPS) is 18.3. The Labute approximate surface area is 130 Å². The number of furan rings is 1. The van der Waals surface area contributed by atoms with Crippen LogP contribution in [0.25, 0.3) is 0 Å². The van der Waals surface area contributed by atoms with Gasteiger partial charge in [-0.15, -0.1) is 0 Å². The van der Waals surface area contributed by atoms with Gasteiger partial charge in [0.05, 0.1) is 21.6 Å². The van der Waals surface area contributed by atoms with Crippen LogP contribution in [0.4, 0.5) is 0 Å². The third kappa shape index (κ3) is 2.83. The Morgan fingerprint density at radius 2 is 2.21 bits per heavy atom. The highest BCUT2D eigenvalue weighted by atomic mass is 79.9. The molecule has 2 heterocycles. The van der Waals surface area contributed by atoms with Gasteiger partial charge in [0, 0.05) is 13.1 Å². The summed E-state index contributed by atoms with van der Waals surface area (Å²) >= 11 is 10.1. The molecule has 1 aromatic rings. The van der Waals surface area contributed by atoms with Gasteiger partial charge in [-0.1, -0.05) is 12.2 Å². The van der Waals surface area contributed by atoms with Gasteiger partial charge in [0.2, 0.25) is 0 Å². The van der Waals surface area contributed by atoms with E-state index in [1.54, 1.807) is 17.8 Å². The summed E-state index contributed by atoms with van der Waals surface area (Å²) in [6, 6.07) is 1.68. The van der Waals surface area contributed by atoms with Crippen molar-refractivity contribution in [2.45, 2.75) is 17.6 Å². The number of halogens is 1. The molecule has 7 heteroatoms. The number of amides is 1. The number of likely N-dealkylation sites (tertiary alicyclic amines) is 1. The number of carbonyl (C=O) groups is 1. The Morgan fingerprint density at radius 1 is 1.58 bits per heavy atom. The summed E-state index contributed by atoms with van der Waals surface area (Å²) in [5, 5.41) is 0. The second-order valence-corrected chi connectivity index (χ2v) is 6.81. The number of rotatable bonds is 3. The molecule has 4 nitrogen and oxygen atoms in total. The van der Waals surface area contributed by atoms with Crippen LogP contribution in [-0.2, 0) is 0 Å². The maximum Gasteiger partial charge on any atom is 0.258 e. The zero-order valence-electron chi connectivity index (χ0n) is 10.5. The van der Waals surface area contributed by atoms with Crippen molar-refractivity contribution in [1.29, 1.82) is 0 Å². The standard InChI is InChI=1S/C12H15BrN2O2S2/c1-19-12(11(14)18)3-5-15(6-4-12)10(16)8-2-7-17-9(8)13/h2,7H,3-6H2,1H3,(H2,14,18). The van der Waals surface area contributed by atoms with Gasteiger partial charge in [-0.3, -0.25) is 4.79 Å². The summed E-state index contributed by atoms with van der Waals surface area (Å²) in [6.07, 6.45) is 5.11.